The van der Waals surface area contributed by atoms with Crippen LogP contribution >= 0.6 is 0 Å². The quantitative estimate of drug-likeness (QED) is 0.571. The van der Waals surface area contributed by atoms with Gasteiger partial charge < -0.3 is 9.84 Å². The minimum absolute atomic E-state index is 0.0193. The van der Waals surface area contributed by atoms with Gasteiger partial charge >= 0.3 is 5.97 Å². The second-order valence-corrected chi connectivity index (χ2v) is 6.16. The Bertz CT molecular complexity index is 464. The van der Waals surface area contributed by atoms with Crippen molar-refractivity contribution in [2.24, 2.45) is 22.7 Å². The summed E-state index contributed by atoms with van der Waals surface area (Å²) >= 11 is 0. The number of aliphatic hydroxyl groups is 1. The number of rotatable bonds is 1. The smallest absolute Gasteiger partial charge is 0.333 e. The number of hydrogen-bond acceptors (Lipinski definition) is 3. The first kappa shape index (κ1) is 12.0. The van der Waals surface area contributed by atoms with Gasteiger partial charge in [0.2, 0.25) is 0 Å². The molecule has 0 saturated heterocycles. The Morgan fingerprint density at radius 2 is 2.28 bits per heavy atom. The molecule has 0 amide bonds. The summed E-state index contributed by atoms with van der Waals surface area (Å²) in [5.74, 6) is 0.146. The van der Waals surface area contributed by atoms with Gasteiger partial charge in [-0.05, 0) is 30.1 Å². The molecule has 3 aliphatic carbocycles. The molecule has 0 radical (unpaired) electrons. The molecule has 98 valence electrons. The Kier molecular flexibility index (Phi) is 2.31. The highest BCUT2D eigenvalue weighted by atomic mass is 16.5. The molecule has 1 fully saturated rings. The molecule has 0 aromatic rings. The Morgan fingerprint density at radius 3 is 2.94 bits per heavy atom. The SMILES string of the molecule is COC(=O)C1=C[C@]2(C)CC[C@H]3[C@H](O)C=C[C@]32[C@H]1C. The Hall–Kier alpha value is -1.09. The Balaban J connectivity index is 2.09. The van der Waals surface area contributed by atoms with E-state index in [4.69, 9.17) is 4.74 Å². The topological polar surface area (TPSA) is 46.5 Å². The first-order chi connectivity index (χ1) is 8.46. The number of methoxy groups -OCH3 is 1. The molecule has 0 heterocycles. The number of carbonyl (C=O) groups excluding carboxylic acids is 1. The van der Waals surface area contributed by atoms with Gasteiger partial charge in [-0.3, -0.25) is 0 Å². The normalized spacial score (nSPS) is 48.9. The van der Waals surface area contributed by atoms with E-state index in [0.717, 1.165) is 18.4 Å². The molecule has 0 aromatic heterocycles. The van der Waals surface area contributed by atoms with Crippen LogP contribution in [0.25, 0.3) is 0 Å². The van der Waals surface area contributed by atoms with E-state index < -0.39 is 0 Å². The molecule has 0 unspecified atom stereocenters. The van der Waals surface area contributed by atoms with Crippen LogP contribution in [0.2, 0.25) is 0 Å². The van der Waals surface area contributed by atoms with Gasteiger partial charge in [-0.25, -0.2) is 4.79 Å². The fourth-order valence-corrected chi connectivity index (χ4v) is 4.73. The van der Waals surface area contributed by atoms with Crippen molar-refractivity contribution in [3.63, 3.8) is 0 Å². The van der Waals surface area contributed by atoms with E-state index in [-0.39, 0.29) is 34.7 Å². The minimum Gasteiger partial charge on any atom is -0.466 e. The monoisotopic (exact) mass is 248 g/mol. The maximum atomic E-state index is 11.9. The van der Waals surface area contributed by atoms with Gasteiger partial charge in [0.05, 0.1) is 13.2 Å². The minimum atomic E-state index is -0.361. The van der Waals surface area contributed by atoms with Crippen LogP contribution in [0.5, 0.6) is 0 Å². The zero-order chi connectivity index (χ0) is 13.1. The maximum Gasteiger partial charge on any atom is 0.333 e. The number of esters is 1. The predicted molar refractivity (Wildman–Crippen MR) is 67.7 cm³/mol. The third-order valence-corrected chi connectivity index (χ3v) is 5.64. The van der Waals surface area contributed by atoms with Gasteiger partial charge in [0, 0.05) is 11.0 Å². The van der Waals surface area contributed by atoms with Crippen LogP contribution in [0.3, 0.4) is 0 Å². The van der Waals surface area contributed by atoms with E-state index >= 15 is 0 Å². The molecular weight excluding hydrogens is 228 g/mol. The maximum absolute atomic E-state index is 11.9. The van der Waals surface area contributed by atoms with E-state index in [1.165, 1.54) is 7.11 Å². The molecule has 18 heavy (non-hydrogen) atoms. The van der Waals surface area contributed by atoms with E-state index in [9.17, 15) is 9.90 Å². The first-order valence-electron chi connectivity index (χ1n) is 6.65. The van der Waals surface area contributed by atoms with Crippen molar-refractivity contribution in [2.45, 2.75) is 32.8 Å². The summed E-state index contributed by atoms with van der Waals surface area (Å²) in [7, 11) is 1.43. The van der Waals surface area contributed by atoms with E-state index in [1.54, 1.807) is 0 Å². The lowest BCUT2D eigenvalue weighted by atomic mass is 9.62. The lowest BCUT2D eigenvalue weighted by Crippen LogP contribution is -2.39. The van der Waals surface area contributed by atoms with Gasteiger partial charge in [0.1, 0.15) is 0 Å². The van der Waals surface area contributed by atoms with E-state index in [2.05, 4.69) is 26.0 Å². The molecule has 3 aliphatic rings. The van der Waals surface area contributed by atoms with Gasteiger partial charge in [0.25, 0.3) is 0 Å². The number of carbonyl (C=O) groups is 1. The molecule has 0 aromatic carbocycles. The van der Waals surface area contributed by atoms with Crippen molar-refractivity contribution < 1.29 is 14.6 Å². The molecule has 3 heteroatoms. The van der Waals surface area contributed by atoms with Crippen LogP contribution in [0, 0.1) is 22.7 Å². The zero-order valence-electron chi connectivity index (χ0n) is 11.1. The average molecular weight is 248 g/mol. The highest BCUT2D eigenvalue weighted by Gasteiger charge is 2.65. The average Bonchev–Trinajstić information content (AvgIpc) is 2.90. The largest absolute Gasteiger partial charge is 0.466 e. The molecule has 5 atom stereocenters. The van der Waals surface area contributed by atoms with Crippen molar-refractivity contribution in [3.8, 4) is 0 Å². The lowest BCUT2D eigenvalue weighted by Gasteiger charge is -2.41. The van der Waals surface area contributed by atoms with Crippen molar-refractivity contribution in [1.29, 1.82) is 0 Å². The summed E-state index contributed by atoms with van der Waals surface area (Å²) in [5, 5.41) is 10.1. The van der Waals surface area contributed by atoms with Crippen molar-refractivity contribution in [2.75, 3.05) is 7.11 Å². The molecule has 1 saturated carbocycles. The fourth-order valence-electron chi connectivity index (χ4n) is 4.73. The standard InChI is InChI=1S/C15H20O3/c1-9-10(13(17)18-3)8-14(2)6-4-11-12(16)5-7-15(9,11)14/h5,7-9,11-12,16H,4,6H2,1-3H3/t9-,11-,12+,14-,15-/m0/s1. The van der Waals surface area contributed by atoms with Crippen LogP contribution < -0.4 is 0 Å². The van der Waals surface area contributed by atoms with Crippen LogP contribution in [0.4, 0.5) is 0 Å². The second kappa shape index (κ2) is 3.47. The molecule has 1 N–H and O–H groups in total. The Labute approximate surface area is 108 Å². The molecule has 0 bridgehead atoms. The van der Waals surface area contributed by atoms with Crippen LogP contribution in [-0.4, -0.2) is 24.3 Å². The number of aliphatic hydroxyl groups excluding tert-OH is 1. The van der Waals surface area contributed by atoms with Crippen LogP contribution in [-0.2, 0) is 9.53 Å². The highest BCUT2D eigenvalue weighted by Crippen LogP contribution is 2.69. The molecular formula is C15H20O3. The summed E-state index contributed by atoms with van der Waals surface area (Å²) in [4.78, 5) is 11.9. The van der Waals surface area contributed by atoms with Gasteiger partial charge in [0.15, 0.2) is 0 Å². The van der Waals surface area contributed by atoms with Crippen molar-refractivity contribution in [3.05, 3.63) is 23.8 Å². The molecule has 1 spiro atoms. The number of allylic oxidation sites excluding steroid dienone is 2. The second-order valence-electron chi connectivity index (χ2n) is 6.16. The summed E-state index contributed by atoms with van der Waals surface area (Å²) in [5.41, 5.74) is 0.674. The van der Waals surface area contributed by atoms with Crippen LogP contribution in [0.1, 0.15) is 26.7 Å². The number of hydrogen-bond donors (Lipinski definition) is 1. The summed E-state index contributed by atoms with van der Waals surface area (Å²) < 4.78 is 4.89. The van der Waals surface area contributed by atoms with Crippen LogP contribution in [0.15, 0.2) is 23.8 Å². The predicted octanol–water partition coefficient (Wildman–Crippen LogP) is 2.07. The lowest BCUT2D eigenvalue weighted by molar-refractivity contribution is -0.137. The third-order valence-electron chi connectivity index (χ3n) is 5.64. The van der Waals surface area contributed by atoms with Gasteiger partial charge in [-0.1, -0.05) is 32.1 Å². The van der Waals surface area contributed by atoms with Crippen molar-refractivity contribution >= 4 is 5.97 Å². The first-order valence-corrected chi connectivity index (χ1v) is 6.65. The van der Waals surface area contributed by atoms with E-state index in [1.807, 2.05) is 6.08 Å². The molecule has 3 rings (SSSR count). The van der Waals surface area contributed by atoms with Crippen molar-refractivity contribution in [1.82, 2.24) is 0 Å². The van der Waals surface area contributed by atoms with Gasteiger partial charge in [-0.2, -0.15) is 0 Å². The summed E-state index contributed by atoms with van der Waals surface area (Å²) in [6, 6.07) is 0. The summed E-state index contributed by atoms with van der Waals surface area (Å²) in [6.07, 6.45) is 7.87. The highest BCUT2D eigenvalue weighted by molar-refractivity contribution is 5.90. The molecule has 0 aliphatic heterocycles. The molecule has 3 nitrogen and oxygen atoms in total. The third kappa shape index (κ3) is 1.11. The summed E-state index contributed by atoms with van der Waals surface area (Å²) in [6.45, 7) is 4.30. The van der Waals surface area contributed by atoms with E-state index in [0.29, 0.717) is 0 Å². The Morgan fingerprint density at radius 1 is 1.56 bits per heavy atom. The fraction of sp³-hybridized carbons (Fsp3) is 0.667. The zero-order valence-corrected chi connectivity index (χ0v) is 11.1. The van der Waals surface area contributed by atoms with Gasteiger partial charge in [-0.15, -0.1) is 0 Å². The number of ether oxygens (including phenoxy) is 1.